The molecule has 0 aliphatic carbocycles. The van der Waals surface area contributed by atoms with Gasteiger partial charge in [0.2, 0.25) is 5.88 Å². The molecule has 0 spiro atoms. The number of piperidine rings is 1. The summed E-state index contributed by atoms with van der Waals surface area (Å²) in [7, 11) is 1.53. The van der Waals surface area contributed by atoms with Crippen molar-refractivity contribution in [3.05, 3.63) is 53.7 Å². The molecule has 1 atom stereocenters. The average Bonchev–Trinajstić information content (AvgIpc) is 2.67. The third-order valence-electron chi connectivity index (χ3n) is 4.62. The molecule has 1 aromatic carbocycles. The van der Waals surface area contributed by atoms with Gasteiger partial charge < -0.3 is 19.5 Å². The smallest absolute Gasteiger partial charge is 0.255 e. The zero-order valence-electron chi connectivity index (χ0n) is 15.1. The van der Waals surface area contributed by atoms with Crippen LogP contribution in [0, 0.1) is 6.92 Å². The molecule has 1 saturated heterocycles. The number of carbonyl (C=O) groups excluding carboxylic acids is 1. The number of nitrogens with zero attached hydrogens (tertiary/aromatic N) is 2. The lowest BCUT2D eigenvalue weighted by molar-refractivity contribution is -0.0533. The number of aryl methyl sites for hydroxylation is 1. The molecule has 0 saturated carbocycles. The Kier molecular flexibility index (Phi) is 5.42. The van der Waals surface area contributed by atoms with Crippen LogP contribution in [0.3, 0.4) is 0 Å². The fourth-order valence-electron chi connectivity index (χ4n) is 3.14. The number of aliphatic hydroxyl groups is 1. The van der Waals surface area contributed by atoms with E-state index in [0.29, 0.717) is 24.4 Å². The van der Waals surface area contributed by atoms with E-state index >= 15 is 0 Å². The molecule has 1 N–H and O–H groups in total. The molecule has 6 heteroatoms. The van der Waals surface area contributed by atoms with Gasteiger partial charge in [-0.25, -0.2) is 4.98 Å². The summed E-state index contributed by atoms with van der Waals surface area (Å²) < 4.78 is 10.8. The van der Waals surface area contributed by atoms with Gasteiger partial charge in [0.1, 0.15) is 18.0 Å². The fourth-order valence-corrected chi connectivity index (χ4v) is 3.14. The Morgan fingerprint density at radius 2 is 2.12 bits per heavy atom. The van der Waals surface area contributed by atoms with Gasteiger partial charge in [-0.1, -0.05) is 18.2 Å². The van der Waals surface area contributed by atoms with Gasteiger partial charge in [-0.3, -0.25) is 4.79 Å². The Morgan fingerprint density at radius 3 is 2.81 bits per heavy atom. The summed E-state index contributed by atoms with van der Waals surface area (Å²) in [5, 5.41) is 10.9. The number of β-amino-alcohol motifs (C(OH)–C–C–N with tert-alkyl or cyclic N) is 1. The molecular formula is C20H24N2O4. The standard InChI is InChI=1S/C20H24N2O4/c1-15-6-3-4-7-17(15)26-14-20(24)10-5-11-22(13-20)19(23)16-8-9-18(25-2)21-12-16/h3-4,6-9,12,24H,5,10-11,13-14H2,1-2H3/t20-/m1/s1. The maximum atomic E-state index is 12.7. The number of hydrogen-bond acceptors (Lipinski definition) is 5. The third kappa shape index (κ3) is 4.14. The predicted molar refractivity (Wildman–Crippen MR) is 97.6 cm³/mol. The number of aromatic nitrogens is 1. The van der Waals surface area contributed by atoms with Crippen LogP contribution in [0.4, 0.5) is 0 Å². The summed E-state index contributed by atoms with van der Waals surface area (Å²) in [6.07, 6.45) is 2.82. The zero-order chi connectivity index (χ0) is 18.6. The highest BCUT2D eigenvalue weighted by Crippen LogP contribution is 2.25. The summed E-state index contributed by atoms with van der Waals surface area (Å²) in [6, 6.07) is 11.0. The lowest BCUT2D eigenvalue weighted by Crippen LogP contribution is -2.53. The second-order valence-electron chi connectivity index (χ2n) is 6.70. The molecule has 1 aliphatic heterocycles. The Labute approximate surface area is 153 Å². The van der Waals surface area contributed by atoms with Crippen molar-refractivity contribution in [2.24, 2.45) is 0 Å². The summed E-state index contributed by atoms with van der Waals surface area (Å²) in [6.45, 7) is 2.97. The molecule has 6 nitrogen and oxygen atoms in total. The van der Waals surface area contributed by atoms with Crippen molar-refractivity contribution in [1.29, 1.82) is 0 Å². The normalized spacial score (nSPS) is 19.9. The average molecular weight is 356 g/mol. The van der Waals surface area contributed by atoms with Crippen LogP contribution in [0.2, 0.25) is 0 Å². The molecule has 0 radical (unpaired) electrons. The van der Waals surface area contributed by atoms with Crippen molar-refractivity contribution >= 4 is 5.91 Å². The molecule has 26 heavy (non-hydrogen) atoms. The fraction of sp³-hybridized carbons (Fsp3) is 0.400. The van der Waals surface area contributed by atoms with Crippen molar-refractivity contribution in [2.75, 3.05) is 26.8 Å². The van der Waals surface area contributed by atoms with Gasteiger partial charge in [0.25, 0.3) is 5.91 Å². The number of pyridine rings is 1. The van der Waals surface area contributed by atoms with Crippen LogP contribution in [0.25, 0.3) is 0 Å². The SMILES string of the molecule is COc1ccc(C(=O)N2CCC[C@](O)(COc3ccccc3C)C2)cn1. The van der Waals surface area contributed by atoms with Gasteiger partial charge in [0.05, 0.1) is 19.2 Å². The van der Waals surface area contributed by atoms with Gasteiger partial charge in [-0.05, 0) is 37.5 Å². The highest BCUT2D eigenvalue weighted by molar-refractivity contribution is 5.94. The summed E-state index contributed by atoms with van der Waals surface area (Å²) in [5.41, 5.74) is 0.440. The lowest BCUT2D eigenvalue weighted by atomic mass is 9.93. The number of carbonyl (C=O) groups is 1. The van der Waals surface area contributed by atoms with Gasteiger partial charge in [0, 0.05) is 18.8 Å². The third-order valence-corrected chi connectivity index (χ3v) is 4.62. The molecule has 1 fully saturated rings. The first-order chi connectivity index (χ1) is 12.5. The molecule has 138 valence electrons. The minimum absolute atomic E-state index is 0.144. The number of benzene rings is 1. The molecule has 1 aromatic heterocycles. The minimum atomic E-state index is -1.06. The van der Waals surface area contributed by atoms with Gasteiger partial charge in [0.15, 0.2) is 0 Å². The molecule has 1 aliphatic rings. The summed E-state index contributed by atoms with van der Waals surface area (Å²) in [4.78, 5) is 18.4. The van der Waals surface area contributed by atoms with Crippen LogP contribution >= 0.6 is 0 Å². The molecule has 0 unspecified atom stereocenters. The van der Waals surface area contributed by atoms with E-state index in [-0.39, 0.29) is 19.1 Å². The van der Waals surface area contributed by atoms with Crippen LogP contribution in [-0.4, -0.2) is 53.3 Å². The lowest BCUT2D eigenvalue weighted by Gasteiger charge is -2.39. The molecule has 2 aromatic rings. The monoisotopic (exact) mass is 356 g/mol. The molecule has 3 rings (SSSR count). The van der Waals surface area contributed by atoms with E-state index in [4.69, 9.17) is 9.47 Å². The predicted octanol–water partition coefficient (Wildman–Crippen LogP) is 2.44. The Morgan fingerprint density at radius 1 is 1.31 bits per heavy atom. The second-order valence-corrected chi connectivity index (χ2v) is 6.70. The van der Waals surface area contributed by atoms with E-state index in [1.54, 1.807) is 17.0 Å². The van der Waals surface area contributed by atoms with Crippen LogP contribution in [0.15, 0.2) is 42.6 Å². The number of ether oxygens (including phenoxy) is 2. The number of hydrogen-bond donors (Lipinski definition) is 1. The highest BCUT2D eigenvalue weighted by atomic mass is 16.5. The number of amides is 1. The van der Waals surface area contributed by atoms with Crippen molar-refractivity contribution in [1.82, 2.24) is 9.88 Å². The Hall–Kier alpha value is -2.60. The quantitative estimate of drug-likeness (QED) is 0.891. The summed E-state index contributed by atoms with van der Waals surface area (Å²) in [5.74, 6) is 1.07. The molecule has 2 heterocycles. The summed E-state index contributed by atoms with van der Waals surface area (Å²) >= 11 is 0. The Balaban J connectivity index is 1.65. The first-order valence-electron chi connectivity index (χ1n) is 8.71. The van der Waals surface area contributed by atoms with Crippen LogP contribution < -0.4 is 9.47 Å². The highest BCUT2D eigenvalue weighted by Gasteiger charge is 2.36. The van der Waals surface area contributed by atoms with Crippen molar-refractivity contribution < 1.29 is 19.4 Å². The minimum Gasteiger partial charge on any atom is -0.490 e. The van der Waals surface area contributed by atoms with E-state index in [1.165, 1.54) is 13.3 Å². The number of methoxy groups -OCH3 is 1. The number of rotatable bonds is 5. The zero-order valence-corrected chi connectivity index (χ0v) is 15.1. The van der Waals surface area contributed by atoms with Crippen molar-refractivity contribution in [3.63, 3.8) is 0 Å². The van der Waals surface area contributed by atoms with Gasteiger partial charge >= 0.3 is 0 Å². The van der Waals surface area contributed by atoms with E-state index in [9.17, 15) is 9.90 Å². The van der Waals surface area contributed by atoms with Crippen LogP contribution in [-0.2, 0) is 0 Å². The maximum Gasteiger partial charge on any atom is 0.255 e. The van der Waals surface area contributed by atoms with Gasteiger partial charge in [-0.15, -0.1) is 0 Å². The maximum absolute atomic E-state index is 12.7. The topological polar surface area (TPSA) is 71.9 Å². The number of para-hydroxylation sites is 1. The molecule has 0 bridgehead atoms. The first kappa shape index (κ1) is 18.2. The number of likely N-dealkylation sites (tertiary alicyclic amines) is 1. The van der Waals surface area contributed by atoms with Crippen molar-refractivity contribution in [3.8, 4) is 11.6 Å². The van der Waals surface area contributed by atoms with Gasteiger partial charge in [-0.2, -0.15) is 0 Å². The largest absolute Gasteiger partial charge is 0.490 e. The van der Waals surface area contributed by atoms with E-state index < -0.39 is 5.60 Å². The van der Waals surface area contributed by atoms with E-state index in [1.807, 2.05) is 31.2 Å². The van der Waals surface area contributed by atoms with E-state index in [0.717, 1.165) is 17.7 Å². The molecule has 1 amide bonds. The second kappa shape index (κ2) is 7.74. The first-order valence-corrected chi connectivity index (χ1v) is 8.71. The van der Waals surface area contributed by atoms with Crippen LogP contribution in [0.1, 0.15) is 28.8 Å². The van der Waals surface area contributed by atoms with E-state index in [2.05, 4.69) is 4.98 Å². The van der Waals surface area contributed by atoms with Crippen molar-refractivity contribution in [2.45, 2.75) is 25.4 Å². The van der Waals surface area contributed by atoms with Crippen LogP contribution in [0.5, 0.6) is 11.6 Å². The molecular weight excluding hydrogens is 332 g/mol. The Bertz CT molecular complexity index is 763.